The van der Waals surface area contributed by atoms with Crippen molar-refractivity contribution in [1.29, 1.82) is 0 Å². The number of fused-ring (bicyclic) bond motifs is 1. The second-order valence-corrected chi connectivity index (χ2v) is 10.4. The molecule has 0 aliphatic carbocycles. The zero-order valence-corrected chi connectivity index (χ0v) is 23.7. The lowest BCUT2D eigenvalue weighted by Crippen LogP contribution is -2.50. The second kappa shape index (κ2) is 11.5. The van der Waals surface area contributed by atoms with Gasteiger partial charge in [0.2, 0.25) is 0 Å². The highest BCUT2D eigenvalue weighted by molar-refractivity contribution is 5.94. The van der Waals surface area contributed by atoms with Crippen LogP contribution < -0.4 is 20.1 Å². The highest BCUT2D eigenvalue weighted by atomic mass is 19.4. The van der Waals surface area contributed by atoms with Crippen LogP contribution in [0.5, 0.6) is 11.5 Å². The average Bonchev–Trinajstić information content (AvgIpc) is 3.30. The summed E-state index contributed by atoms with van der Waals surface area (Å²) in [5, 5.41) is 10.5. The number of aromatic nitrogens is 4. The predicted octanol–water partition coefficient (Wildman–Crippen LogP) is 4.82. The normalized spacial score (nSPS) is 12.5. The maximum absolute atomic E-state index is 12.9. The smallest absolute Gasteiger partial charge is 0.491 e. The molecule has 222 valence electrons. The minimum Gasteiger partial charge on any atom is -0.496 e. The lowest BCUT2D eigenvalue weighted by molar-refractivity contribution is -0.216. The molecule has 14 heteroatoms. The summed E-state index contributed by atoms with van der Waals surface area (Å²) in [6.45, 7) is 6.70. The van der Waals surface area contributed by atoms with Gasteiger partial charge in [0, 0.05) is 29.7 Å². The Morgan fingerprint density at radius 1 is 1.07 bits per heavy atom. The number of hydrogen-bond acceptors (Lipinski definition) is 9. The average molecular weight is 587 g/mol. The van der Waals surface area contributed by atoms with Crippen molar-refractivity contribution in [2.45, 2.75) is 45.7 Å². The van der Waals surface area contributed by atoms with Crippen molar-refractivity contribution < 1.29 is 37.0 Å². The van der Waals surface area contributed by atoms with Crippen LogP contribution in [0.15, 0.2) is 48.8 Å². The van der Waals surface area contributed by atoms with E-state index in [2.05, 4.69) is 30.4 Å². The highest BCUT2D eigenvalue weighted by Gasteiger charge is 2.44. The molecule has 42 heavy (non-hydrogen) atoms. The van der Waals surface area contributed by atoms with Crippen molar-refractivity contribution in [1.82, 2.24) is 25.1 Å². The number of ether oxygens (including phenoxy) is 3. The molecular formula is C28H29F3N6O5. The molecule has 0 fully saturated rings. The molecule has 1 unspecified atom stereocenters. The van der Waals surface area contributed by atoms with Crippen molar-refractivity contribution in [3.63, 3.8) is 0 Å². The summed E-state index contributed by atoms with van der Waals surface area (Å²) in [6.07, 6.45) is -4.16. The Bertz CT molecular complexity index is 1630. The Hall–Kier alpha value is -4.88. The van der Waals surface area contributed by atoms with Crippen molar-refractivity contribution >= 4 is 34.3 Å². The number of nitrogens with one attached hydrogen (secondary N) is 2. The van der Waals surface area contributed by atoms with E-state index < -0.39 is 29.9 Å². The fraction of sp³-hybridized carbons (Fsp3) is 0.321. The number of benzene rings is 2. The van der Waals surface area contributed by atoms with Gasteiger partial charge in [0.15, 0.2) is 5.82 Å². The number of anilines is 2. The molecule has 0 spiro atoms. The zero-order valence-electron chi connectivity index (χ0n) is 23.7. The van der Waals surface area contributed by atoms with Crippen molar-refractivity contribution in [3.05, 3.63) is 54.4 Å². The van der Waals surface area contributed by atoms with E-state index in [-0.39, 0.29) is 11.6 Å². The van der Waals surface area contributed by atoms with E-state index >= 15 is 0 Å². The van der Waals surface area contributed by atoms with E-state index in [1.54, 1.807) is 64.1 Å². The van der Waals surface area contributed by atoms with E-state index in [1.807, 2.05) is 13.0 Å². The minimum absolute atomic E-state index is 0.0621. The molecular weight excluding hydrogens is 557 g/mol. The van der Waals surface area contributed by atoms with Gasteiger partial charge >= 0.3 is 24.3 Å². The van der Waals surface area contributed by atoms with Gasteiger partial charge in [0.1, 0.15) is 17.3 Å². The van der Waals surface area contributed by atoms with Gasteiger partial charge in [-0.05, 0) is 57.5 Å². The molecule has 0 aliphatic rings. The maximum atomic E-state index is 12.9. The van der Waals surface area contributed by atoms with E-state index in [1.165, 1.54) is 18.2 Å². The molecule has 1 amide bonds. The zero-order chi connectivity index (χ0) is 30.8. The van der Waals surface area contributed by atoms with E-state index in [0.29, 0.717) is 33.7 Å². The summed E-state index contributed by atoms with van der Waals surface area (Å²) >= 11 is 0. The number of rotatable bonds is 8. The molecule has 11 nitrogen and oxygen atoms in total. The molecule has 2 N–H and O–H groups in total. The third-order valence-electron chi connectivity index (χ3n) is 5.67. The van der Waals surface area contributed by atoms with Crippen molar-refractivity contribution in [3.8, 4) is 22.9 Å². The first-order valence-electron chi connectivity index (χ1n) is 12.6. The van der Waals surface area contributed by atoms with Gasteiger partial charge in [0.05, 0.1) is 24.5 Å². The lowest BCUT2D eigenvalue weighted by Gasteiger charge is -2.25. The van der Waals surface area contributed by atoms with Crippen LogP contribution in [0.2, 0.25) is 0 Å². The Morgan fingerprint density at radius 3 is 2.43 bits per heavy atom. The Kier molecular flexibility index (Phi) is 8.27. The van der Waals surface area contributed by atoms with Crippen molar-refractivity contribution in [2.24, 2.45) is 7.05 Å². The van der Waals surface area contributed by atoms with Crippen LogP contribution >= 0.6 is 0 Å². The quantitative estimate of drug-likeness (QED) is 0.221. The summed E-state index contributed by atoms with van der Waals surface area (Å²) in [5.41, 5.74) is 1.65. The van der Waals surface area contributed by atoms with Gasteiger partial charge in [-0.1, -0.05) is 12.1 Å². The first kappa shape index (κ1) is 30.1. The van der Waals surface area contributed by atoms with Gasteiger partial charge in [0.25, 0.3) is 0 Å². The molecule has 2 aromatic carbocycles. The number of nitrogens with zero attached hydrogens (tertiary/aromatic N) is 4. The molecule has 2 aromatic heterocycles. The third-order valence-corrected chi connectivity index (χ3v) is 5.67. The third kappa shape index (κ3) is 7.25. The molecule has 4 aromatic rings. The molecule has 4 rings (SSSR count). The standard InChI is InChI=1S/C28H29F3N6O5/c1-15-10-20-19(12-21(15)40-6)23(33-17-13-32-37(5)14-17)35-22(34-20)16-8-7-9-18(11-16)41-25(24(38)36-27(2,3)4)42-26(39)28(29,30)31/h7-14,25H,1-6H3,(H,36,38)(H,33,34,35). The summed E-state index contributed by atoms with van der Waals surface area (Å²) < 4.78 is 55.8. The van der Waals surface area contributed by atoms with Gasteiger partial charge in [-0.2, -0.15) is 18.3 Å². The van der Waals surface area contributed by atoms with Crippen LogP contribution in [0.25, 0.3) is 22.3 Å². The number of alkyl halides is 3. The fourth-order valence-corrected chi connectivity index (χ4v) is 3.88. The van der Waals surface area contributed by atoms with Gasteiger partial charge in [-0.15, -0.1) is 0 Å². The fourth-order valence-electron chi connectivity index (χ4n) is 3.88. The number of esters is 1. The number of hydrogen-bond donors (Lipinski definition) is 2. The lowest BCUT2D eigenvalue weighted by atomic mass is 10.1. The monoisotopic (exact) mass is 586 g/mol. The predicted molar refractivity (Wildman–Crippen MR) is 147 cm³/mol. The van der Waals surface area contributed by atoms with Crippen molar-refractivity contribution in [2.75, 3.05) is 12.4 Å². The summed E-state index contributed by atoms with van der Waals surface area (Å²) in [5.74, 6) is -2.38. The first-order chi connectivity index (χ1) is 19.6. The van der Waals surface area contributed by atoms with E-state index in [0.717, 1.165) is 5.56 Å². The van der Waals surface area contributed by atoms with Gasteiger partial charge in [-0.25, -0.2) is 14.8 Å². The Morgan fingerprint density at radius 2 is 1.81 bits per heavy atom. The number of aryl methyl sites for hydroxylation is 2. The van der Waals surface area contributed by atoms with Crippen LogP contribution in [0.4, 0.5) is 24.7 Å². The van der Waals surface area contributed by atoms with Crippen LogP contribution in [0.3, 0.4) is 0 Å². The SMILES string of the molecule is COc1cc2c(Nc3cnn(C)c3)nc(-c3cccc(OC(OC(=O)C(F)(F)F)C(=O)NC(C)(C)C)c3)nc2cc1C. The highest BCUT2D eigenvalue weighted by Crippen LogP contribution is 2.33. The van der Waals surface area contributed by atoms with Crippen LogP contribution in [0, 0.1) is 6.92 Å². The molecule has 0 radical (unpaired) electrons. The minimum atomic E-state index is -5.33. The number of carbonyl (C=O) groups excluding carboxylic acids is 2. The topological polar surface area (TPSA) is 129 Å². The molecule has 1 atom stereocenters. The van der Waals surface area contributed by atoms with Gasteiger partial charge in [-0.3, -0.25) is 9.48 Å². The molecule has 0 saturated heterocycles. The summed E-state index contributed by atoms with van der Waals surface area (Å²) in [6, 6.07) is 9.65. The van der Waals surface area contributed by atoms with E-state index in [4.69, 9.17) is 9.47 Å². The van der Waals surface area contributed by atoms with E-state index in [9.17, 15) is 22.8 Å². The molecule has 0 bridgehead atoms. The first-order valence-corrected chi connectivity index (χ1v) is 12.6. The Labute approximate surface area is 239 Å². The number of methoxy groups -OCH3 is 1. The second-order valence-electron chi connectivity index (χ2n) is 10.4. The number of halogens is 3. The molecule has 0 saturated carbocycles. The summed E-state index contributed by atoms with van der Waals surface area (Å²) in [7, 11) is 3.33. The van der Waals surface area contributed by atoms with Crippen LogP contribution in [-0.4, -0.2) is 56.7 Å². The number of amides is 1. The van der Waals surface area contributed by atoms with Crippen LogP contribution in [0.1, 0.15) is 26.3 Å². The van der Waals surface area contributed by atoms with Crippen LogP contribution in [-0.2, 0) is 21.4 Å². The van der Waals surface area contributed by atoms with Gasteiger partial charge < -0.3 is 24.8 Å². The number of carbonyl (C=O) groups is 2. The largest absolute Gasteiger partial charge is 0.496 e. The Balaban J connectivity index is 1.73. The maximum Gasteiger partial charge on any atom is 0.491 e. The molecule has 0 aliphatic heterocycles. The molecule has 2 heterocycles. The summed E-state index contributed by atoms with van der Waals surface area (Å²) in [4.78, 5) is 33.6.